The van der Waals surface area contributed by atoms with E-state index in [1.165, 1.54) is 12.0 Å². The zero-order chi connectivity index (χ0) is 27.7. The normalized spacial score (nSPS) is 20.0. The molecular formula is C31H35N5O3S. The molecule has 1 aliphatic carbocycles. The Balaban J connectivity index is 1.25. The van der Waals surface area contributed by atoms with Crippen molar-refractivity contribution in [3.05, 3.63) is 77.0 Å². The largest absolute Gasteiger partial charge is 0.484 e. The number of nitrogens with one attached hydrogen (secondary N) is 1. The van der Waals surface area contributed by atoms with Gasteiger partial charge in [0.15, 0.2) is 12.4 Å². The first-order valence-corrected chi connectivity index (χ1v) is 15.0. The summed E-state index contributed by atoms with van der Waals surface area (Å²) in [5, 5.41) is 8.97. The molecule has 1 fully saturated rings. The molecule has 3 aromatic rings. The lowest BCUT2D eigenvalue weighted by atomic mass is 9.73. The van der Waals surface area contributed by atoms with Crippen molar-refractivity contribution in [1.29, 1.82) is 0 Å². The first-order valence-electron chi connectivity index (χ1n) is 14.0. The Hall–Kier alpha value is -3.59. The lowest BCUT2D eigenvalue weighted by Gasteiger charge is -2.38. The molecule has 0 saturated carbocycles. The first kappa shape index (κ1) is 26.6. The third-order valence-corrected chi connectivity index (χ3v) is 8.70. The molecule has 1 unspecified atom stereocenters. The summed E-state index contributed by atoms with van der Waals surface area (Å²) in [6.07, 6.45) is 4.55. The quantitative estimate of drug-likeness (QED) is 0.377. The number of carbonyl (C=O) groups excluding carboxylic acids is 2. The SMILES string of the molecule is CC1(C)CC(=O)C2=C(C1)Nc1nc(SCc3ccccc3)nn1C2c1ccc(OCC(=O)N2CCCCC2)cc1. The van der Waals surface area contributed by atoms with Gasteiger partial charge in [-0.3, -0.25) is 9.59 Å². The predicted octanol–water partition coefficient (Wildman–Crippen LogP) is 5.62. The Morgan fingerprint density at radius 3 is 2.55 bits per heavy atom. The van der Waals surface area contributed by atoms with Gasteiger partial charge in [-0.15, -0.1) is 5.10 Å². The van der Waals surface area contributed by atoms with E-state index >= 15 is 0 Å². The van der Waals surface area contributed by atoms with E-state index in [0.717, 1.165) is 54.9 Å². The molecule has 6 rings (SSSR count). The third-order valence-electron chi connectivity index (χ3n) is 7.79. The molecular weight excluding hydrogens is 522 g/mol. The van der Waals surface area contributed by atoms with Gasteiger partial charge < -0.3 is 15.0 Å². The number of anilines is 1. The first-order chi connectivity index (χ1) is 19.4. The topological polar surface area (TPSA) is 89.4 Å². The number of thioether (sulfide) groups is 1. The van der Waals surface area contributed by atoms with Crippen LogP contribution in [0.2, 0.25) is 0 Å². The van der Waals surface area contributed by atoms with Gasteiger partial charge in [0.25, 0.3) is 5.91 Å². The molecule has 9 heteroatoms. The summed E-state index contributed by atoms with van der Waals surface area (Å²) in [5.41, 5.74) is 3.69. The maximum absolute atomic E-state index is 13.5. The zero-order valence-corrected chi connectivity index (χ0v) is 23.9. The van der Waals surface area contributed by atoms with Gasteiger partial charge in [-0.05, 0) is 54.4 Å². The molecule has 0 radical (unpaired) electrons. The number of hydrogen-bond acceptors (Lipinski definition) is 7. The smallest absolute Gasteiger partial charge is 0.260 e. The number of likely N-dealkylation sites (tertiary alicyclic amines) is 1. The lowest BCUT2D eigenvalue weighted by molar-refractivity contribution is -0.134. The number of aromatic nitrogens is 3. The Bertz CT molecular complexity index is 1420. The van der Waals surface area contributed by atoms with E-state index in [9.17, 15) is 9.59 Å². The highest BCUT2D eigenvalue weighted by atomic mass is 32.2. The van der Waals surface area contributed by atoms with Crippen LogP contribution in [-0.2, 0) is 15.3 Å². The van der Waals surface area contributed by atoms with Crippen LogP contribution in [-0.4, -0.2) is 51.1 Å². The number of rotatable bonds is 7. The minimum Gasteiger partial charge on any atom is -0.484 e. The summed E-state index contributed by atoms with van der Waals surface area (Å²) in [7, 11) is 0. The second-order valence-corrected chi connectivity index (χ2v) is 12.5. The molecule has 208 valence electrons. The molecule has 8 nitrogen and oxygen atoms in total. The Labute approximate surface area is 239 Å². The minimum atomic E-state index is -0.377. The second kappa shape index (κ2) is 11.1. The van der Waals surface area contributed by atoms with Crippen molar-refractivity contribution in [2.24, 2.45) is 5.41 Å². The van der Waals surface area contributed by atoms with Crippen molar-refractivity contribution in [3.8, 4) is 5.75 Å². The number of nitrogens with zero attached hydrogens (tertiary/aromatic N) is 4. The van der Waals surface area contributed by atoms with Gasteiger partial charge in [-0.25, -0.2) is 4.68 Å². The monoisotopic (exact) mass is 557 g/mol. The van der Waals surface area contributed by atoms with Crippen LogP contribution in [0, 0.1) is 5.41 Å². The summed E-state index contributed by atoms with van der Waals surface area (Å²) in [6, 6.07) is 17.6. The van der Waals surface area contributed by atoms with Crippen LogP contribution in [0.1, 0.15) is 63.1 Å². The number of ketones is 1. The highest BCUT2D eigenvalue weighted by Crippen LogP contribution is 2.45. The van der Waals surface area contributed by atoms with Crippen LogP contribution >= 0.6 is 11.8 Å². The number of benzene rings is 2. The van der Waals surface area contributed by atoms with Crippen molar-refractivity contribution >= 4 is 29.4 Å². The number of hydrogen-bond donors (Lipinski definition) is 1. The number of fused-ring (bicyclic) bond motifs is 1. The summed E-state index contributed by atoms with van der Waals surface area (Å²) in [4.78, 5) is 32.8. The van der Waals surface area contributed by atoms with Gasteiger partial charge in [0.1, 0.15) is 11.8 Å². The summed E-state index contributed by atoms with van der Waals surface area (Å²) in [6.45, 7) is 5.91. The van der Waals surface area contributed by atoms with E-state index in [2.05, 4.69) is 31.3 Å². The summed E-state index contributed by atoms with van der Waals surface area (Å²) in [5.74, 6) is 2.20. The minimum absolute atomic E-state index is 0.0279. The molecule has 2 aromatic carbocycles. The van der Waals surface area contributed by atoms with E-state index in [4.69, 9.17) is 14.8 Å². The number of allylic oxidation sites excluding steroid dienone is 2. The van der Waals surface area contributed by atoms with Gasteiger partial charge in [-0.1, -0.05) is 68.1 Å². The van der Waals surface area contributed by atoms with E-state index < -0.39 is 0 Å². The highest BCUT2D eigenvalue weighted by molar-refractivity contribution is 7.98. The van der Waals surface area contributed by atoms with Gasteiger partial charge in [-0.2, -0.15) is 4.98 Å². The fourth-order valence-electron chi connectivity index (χ4n) is 5.81. The molecule has 0 bridgehead atoms. The van der Waals surface area contributed by atoms with Crippen LogP contribution in [0.4, 0.5) is 5.95 Å². The Morgan fingerprint density at radius 2 is 1.80 bits per heavy atom. The van der Waals surface area contributed by atoms with Crippen molar-refractivity contribution in [2.45, 2.75) is 62.9 Å². The number of piperidine rings is 1. The van der Waals surface area contributed by atoms with Crippen molar-refractivity contribution in [2.75, 3.05) is 25.0 Å². The van der Waals surface area contributed by atoms with Crippen LogP contribution in [0.5, 0.6) is 5.75 Å². The van der Waals surface area contributed by atoms with Crippen molar-refractivity contribution in [3.63, 3.8) is 0 Å². The van der Waals surface area contributed by atoms with Gasteiger partial charge in [0.05, 0.1) is 0 Å². The molecule has 0 spiro atoms. The molecule has 1 aromatic heterocycles. The fraction of sp³-hybridized carbons (Fsp3) is 0.419. The van der Waals surface area contributed by atoms with Crippen LogP contribution in [0.15, 0.2) is 71.0 Å². The maximum atomic E-state index is 13.5. The standard InChI is InChI=1S/C31H35N5O3S/c1-31(2)17-24-27(25(37)18-31)28(36-29(32-24)33-30(34-36)40-20-21-9-5-3-6-10-21)22-11-13-23(14-12-22)39-19-26(38)35-15-7-4-8-16-35/h3,5-6,9-14,28H,4,7-8,15-20H2,1-2H3,(H,32,33,34). The van der Waals surface area contributed by atoms with E-state index in [0.29, 0.717) is 23.3 Å². The number of amides is 1. The van der Waals surface area contributed by atoms with E-state index in [-0.39, 0.29) is 29.8 Å². The number of ether oxygens (including phenoxy) is 1. The summed E-state index contributed by atoms with van der Waals surface area (Å²) < 4.78 is 7.69. The van der Waals surface area contributed by atoms with Gasteiger partial charge in [0.2, 0.25) is 11.1 Å². The average molecular weight is 558 g/mol. The zero-order valence-electron chi connectivity index (χ0n) is 23.1. The molecule has 1 N–H and O–H groups in total. The van der Waals surface area contributed by atoms with E-state index in [1.54, 1.807) is 11.8 Å². The predicted molar refractivity (Wildman–Crippen MR) is 155 cm³/mol. The van der Waals surface area contributed by atoms with Crippen LogP contribution in [0.3, 0.4) is 0 Å². The molecule has 3 aliphatic rings. The van der Waals surface area contributed by atoms with Crippen molar-refractivity contribution in [1.82, 2.24) is 19.7 Å². The molecule has 2 aliphatic heterocycles. The number of Topliss-reactive ketones (excluding diaryl/α,β-unsaturated/α-hetero) is 1. The number of carbonyl (C=O) groups is 2. The third kappa shape index (κ3) is 5.66. The highest BCUT2D eigenvalue weighted by Gasteiger charge is 2.42. The molecule has 1 atom stereocenters. The average Bonchev–Trinajstić information content (AvgIpc) is 3.37. The molecule has 40 heavy (non-hydrogen) atoms. The fourth-order valence-corrected chi connectivity index (χ4v) is 6.59. The van der Waals surface area contributed by atoms with E-state index in [1.807, 2.05) is 52.0 Å². The summed E-state index contributed by atoms with van der Waals surface area (Å²) >= 11 is 1.58. The second-order valence-electron chi connectivity index (χ2n) is 11.6. The lowest BCUT2D eigenvalue weighted by Crippen LogP contribution is -2.38. The van der Waals surface area contributed by atoms with Crippen molar-refractivity contribution < 1.29 is 14.3 Å². The van der Waals surface area contributed by atoms with Crippen LogP contribution < -0.4 is 10.1 Å². The Kier molecular flexibility index (Phi) is 7.40. The maximum Gasteiger partial charge on any atom is 0.260 e. The molecule has 3 heterocycles. The van der Waals surface area contributed by atoms with Gasteiger partial charge in [0, 0.05) is 36.5 Å². The van der Waals surface area contributed by atoms with Crippen LogP contribution in [0.25, 0.3) is 0 Å². The van der Waals surface area contributed by atoms with Gasteiger partial charge >= 0.3 is 0 Å². The molecule has 1 saturated heterocycles. The Morgan fingerprint density at radius 1 is 1.05 bits per heavy atom. The molecule has 1 amide bonds.